The van der Waals surface area contributed by atoms with E-state index in [9.17, 15) is 4.79 Å². The smallest absolute Gasteiger partial charge is 0.230 e. The molecule has 1 heterocycles. The fraction of sp³-hybridized carbons (Fsp3) is 0.357. The number of thioether (sulfide) groups is 1. The van der Waals surface area contributed by atoms with Gasteiger partial charge in [-0.15, -0.1) is 10.2 Å². The Labute approximate surface area is 127 Å². The van der Waals surface area contributed by atoms with Crippen LogP contribution in [0.3, 0.4) is 0 Å². The van der Waals surface area contributed by atoms with Crippen LogP contribution in [0.2, 0.25) is 0 Å². The first-order valence-corrected chi connectivity index (χ1v) is 7.67. The highest BCUT2D eigenvalue weighted by molar-refractivity contribution is 7.99. The third kappa shape index (κ3) is 3.98. The largest absolute Gasteiger partial charge is 0.495 e. The maximum Gasteiger partial charge on any atom is 0.230 e. The zero-order valence-corrected chi connectivity index (χ0v) is 12.9. The van der Waals surface area contributed by atoms with E-state index in [0.717, 1.165) is 17.9 Å². The number of nitrogens with one attached hydrogen (secondary N) is 1. The van der Waals surface area contributed by atoms with Crippen LogP contribution in [0, 0.1) is 0 Å². The summed E-state index contributed by atoms with van der Waals surface area (Å²) in [5.74, 6) is 1.04. The molecule has 6 nitrogen and oxygen atoms in total. The van der Waals surface area contributed by atoms with Crippen molar-refractivity contribution in [1.82, 2.24) is 20.1 Å². The molecule has 0 aliphatic heterocycles. The van der Waals surface area contributed by atoms with Gasteiger partial charge in [0.2, 0.25) is 5.91 Å². The lowest BCUT2D eigenvalue weighted by molar-refractivity contribution is -0.118. The van der Waals surface area contributed by atoms with Gasteiger partial charge in [-0.1, -0.05) is 30.8 Å². The van der Waals surface area contributed by atoms with Gasteiger partial charge in [0.15, 0.2) is 5.16 Å². The molecule has 1 N–H and O–H groups in total. The molecule has 2 aromatic rings. The van der Waals surface area contributed by atoms with Crippen LogP contribution in [-0.4, -0.2) is 40.1 Å². The number of aromatic nitrogens is 3. The zero-order chi connectivity index (χ0) is 15.1. The number of amides is 1. The van der Waals surface area contributed by atoms with Gasteiger partial charge in [0.1, 0.15) is 12.1 Å². The first-order chi connectivity index (χ1) is 10.3. The molecule has 1 amide bonds. The van der Waals surface area contributed by atoms with E-state index in [1.165, 1.54) is 11.8 Å². The van der Waals surface area contributed by atoms with E-state index in [0.29, 0.717) is 17.5 Å². The molecule has 0 aliphatic carbocycles. The van der Waals surface area contributed by atoms with E-state index in [2.05, 4.69) is 15.5 Å². The Kier molecular flexibility index (Phi) is 5.62. The second kappa shape index (κ2) is 7.68. The number of carbonyl (C=O) groups excluding carboxylic acids is 1. The average molecular weight is 306 g/mol. The van der Waals surface area contributed by atoms with Gasteiger partial charge in [-0.2, -0.15) is 0 Å². The number of nitrogens with zero attached hydrogens (tertiary/aromatic N) is 3. The molecule has 0 spiro atoms. The Hall–Kier alpha value is -2.02. The van der Waals surface area contributed by atoms with Gasteiger partial charge in [-0.05, 0) is 18.6 Å². The quantitative estimate of drug-likeness (QED) is 0.791. The monoisotopic (exact) mass is 306 g/mol. The van der Waals surface area contributed by atoms with Gasteiger partial charge >= 0.3 is 0 Å². The van der Waals surface area contributed by atoms with Gasteiger partial charge in [-0.25, -0.2) is 0 Å². The summed E-state index contributed by atoms with van der Waals surface area (Å²) in [5.41, 5.74) is 0.849. The predicted molar refractivity (Wildman–Crippen MR) is 81.9 cm³/mol. The lowest BCUT2D eigenvalue weighted by atomic mass is 10.3. The maximum atomic E-state index is 11.7. The minimum absolute atomic E-state index is 0.00331. The SMILES string of the molecule is CCCNC(=O)CSc1nncn1-c1ccccc1OC. The second-order valence-corrected chi connectivity index (χ2v) is 5.24. The number of hydrogen-bond acceptors (Lipinski definition) is 5. The van der Waals surface area contributed by atoms with Crippen LogP contribution >= 0.6 is 11.8 Å². The average Bonchev–Trinajstić information content (AvgIpc) is 2.99. The van der Waals surface area contributed by atoms with Crippen molar-refractivity contribution in [2.45, 2.75) is 18.5 Å². The third-order valence-electron chi connectivity index (χ3n) is 2.77. The standard InChI is InChI=1S/C14H18N4O2S/c1-3-8-15-13(19)9-21-14-17-16-10-18(14)11-6-4-5-7-12(11)20-2/h4-7,10H,3,8-9H2,1-2H3,(H,15,19). The summed E-state index contributed by atoms with van der Waals surface area (Å²) in [4.78, 5) is 11.7. The van der Waals surface area contributed by atoms with Crippen LogP contribution in [0.4, 0.5) is 0 Å². The van der Waals surface area contributed by atoms with Crippen LogP contribution < -0.4 is 10.1 Å². The van der Waals surface area contributed by atoms with Crippen molar-refractivity contribution in [3.8, 4) is 11.4 Å². The van der Waals surface area contributed by atoms with Gasteiger partial charge in [0.25, 0.3) is 0 Å². The lowest BCUT2D eigenvalue weighted by Gasteiger charge is -2.10. The zero-order valence-electron chi connectivity index (χ0n) is 12.1. The highest BCUT2D eigenvalue weighted by Crippen LogP contribution is 2.26. The maximum absolute atomic E-state index is 11.7. The van der Waals surface area contributed by atoms with Crippen molar-refractivity contribution in [3.63, 3.8) is 0 Å². The molecule has 7 heteroatoms. The molecule has 112 valence electrons. The predicted octanol–water partition coefficient (Wildman–Crippen LogP) is 1.89. The molecule has 0 saturated heterocycles. The van der Waals surface area contributed by atoms with Crippen molar-refractivity contribution in [3.05, 3.63) is 30.6 Å². The number of methoxy groups -OCH3 is 1. The molecule has 0 unspecified atom stereocenters. The molecule has 21 heavy (non-hydrogen) atoms. The topological polar surface area (TPSA) is 69.0 Å². The third-order valence-corrected chi connectivity index (χ3v) is 3.71. The molecule has 0 atom stereocenters. The van der Waals surface area contributed by atoms with Crippen molar-refractivity contribution in [2.75, 3.05) is 19.4 Å². The van der Waals surface area contributed by atoms with E-state index in [1.807, 2.05) is 35.8 Å². The number of benzene rings is 1. The number of hydrogen-bond donors (Lipinski definition) is 1. The molecule has 0 radical (unpaired) electrons. The van der Waals surface area contributed by atoms with Crippen molar-refractivity contribution >= 4 is 17.7 Å². The van der Waals surface area contributed by atoms with E-state index in [4.69, 9.17) is 4.74 Å². The Balaban J connectivity index is 2.10. The molecule has 1 aromatic heterocycles. The highest BCUT2D eigenvalue weighted by Gasteiger charge is 2.12. The van der Waals surface area contributed by atoms with Crippen LogP contribution in [0.25, 0.3) is 5.69 Å². The van der Waals surface area contributed by atoms with E-state index >= 15 is 0 Å². The summed E-state index contributed by atoms with van der Waals surface area (Å²) >= 11 is 1.35. The normalized spacial score (nSPS) is 10.4. The molecule has 0 bridgehead atoms. The molecular formula is C14H18N4O2S. The number of ether oxygens (including phenoxy) is 1. The minimum atomic E-state index is -0.00331. The minimum Gasteiger partial charge on any atom is -0.495 e. The van der Waals surface area contributed by atoms with Gasteiger partial charge in [0.05, 0.1) is 18.6 Å². The summed E-state index contributed by atoms with van der Waals surface area (Å²) in [6.07, 6.45) is 2.54. The highest BCUT2D eigenvalue weighted by atomic mass is 32.2. The van der Waals surface area contributed by atoms with Crippen molar-refractivity contribution < 1.29 is 9.53 Å². The summed E-state index contributed by atoms with van der Waals surface area (Å²) in [5, 5.41) is 11.5. The van der Waals surface area contributed by atoms with Gasteiger partial charge < -0.3 is 10.1 Å². The molecule has 0 fully saturated rings. The van der Waals surface area contributed by atoms with Crippen molar-refractivity contribution in [2.24, 2.45) is 0 Å². The first kappa shape index (κ1) is 15.4. The summed E-state index contributed by atoms with van der Waals surface area (Å²) in [7, 11) is 1.62. The van der Waals surface area contributed by atoms with Gasteiger partial charge in [-0.3, -0.25) is 9.36 Å². The number of para-hydroxylation sites is 2. The van der Waals surface area contributed by atoms with E-state index < -0.39 is 0 Å². The molecular weight excluding hydrogens is 288 g/mol. The summed E-state index contributed by atoms with van der Waals surface area (Å²) in [6, 6.07) is 7.61. The van der Waals surface area contributed by atoms with Crippen LogP contribution in [0.15, 0.2) is 35.7 Å². The van der Waals surface area contributed by atoms with E-state index in [-0.39, 0.29) is 5.91 Å². The number of rotatable bonds is 7. The van der Waals surface area contributed by atoms with Crippen LogP contribution in [0.1, 0.15) is 13.3 Å². The molecule has 0 saturated carbocycles. The fourth-order valence-corrected chi connectivity index (χ4v) is 2.51. The van der Waals surface area contributed by atoms with Gasteiger partial charge in [0, 0.05) is 6.54 Å². The lowest BCUT2D eigenvalue weighted by Crippen LogP contribution is -2.25. The summed E-state index contributed by atoms with van der Waals surface area (Å²) in [6.45, 7) is 2.71. The van der Waals surface area contributed by atoms with Crippen LogP contribution in [-0.2, 0) is 4.79 Å². The molecule has 2 rings (SSSR count). The molecule has 0 aliphatic rings. The Morgan fingerprint density at radius 3 is 3.00 bits per heavy atom. The van der Waals surface area contributed by atoms with Crippen LogP contribution in [0.5, 0.6) is 5.75 Å². The Bertz CT molecular complexity index is 600. The summed E-state index contributed by atoms with van der Waals surface area (Å²) < 4.78 is 7.15. The second-order valence-electron chi connectivity index (χ2n) is 4.29. The number of carbonyl (C=O) groups is 1. The Morgan fingerprint density at radius 1 is 1.43 bits per heavy atom. The van der Waals surface area contributed by atoms with Crippen molar-refractivity contribution in [1.29, 1.82) is 0 Å². The van der Waals surface area contributed by atoms with E-state index in [1.54, 1.807) is 13.4 Å². The Morgan fingerprint density at radius 2 is 2.24 bits per heavy atom. The molecule has 1 aromatic carbocycles. The fourth-order valence-electron chi connectivity index (χ4n) is 1.76. The first-order valence-electron chi connectivity index (χ1n) is 6.69.